The molecule has 1 amide bonds. The third-order valence-corrected chi connectivity index (χ3v) is 6.73. The highest BCUT2D eigenvalue weighted by Crippen LogP contribution is 2.47. The molecule has 0 bridgehead atoms. The zero-order chi connectivity index (χ0) is 28.0. The smallest absolute Gasteiger partial charge is 0.279 e. The van der Waals surface area contributed by atoms with E-state index in [-0.39, 0.29) is 17.8 Å². The van der Waals surface area contributed by atoms with E-state index in [9.17, 15) is 4.79 Å². The Morgan fingerprint density at radius 3 is 2.33 bits per heavy atom. The van der Waals surface area contributed by atoms with Crippen molar-refractivity contribution in [3.05, 3.63) is 64.2 Å². The van der Waals surface area contributed by atoms with E-state index in [1.807, 2.05) is 51.6 Å². The van der Waals surface area contributed by atoms with Crippen LogP contribution in [-0.4, -0.2) is 63.9 Å². The van der Waals surface area contributed by atoms with Crippen molar-refractivity contribution in [2.24, 2.45) is 0 Å². The Kier molecular flexibility index (Phi) is 6.85. The molecule has 1 aliphatic heterocycles. The van der Waals surface area contributed by atoms with Crippen molar-refractivity contribution in [3.8, 4) is 23.1 Å². The van der Waals surface area contributed by atoms with Gasteiger partial charge in [-0.3, -0.25) is 9.69 Å². The summed E-state index contributed by atoms with van der Waals surface area (Å²) in [5.41, 5.74) is 3.62. The predicted octanol–water partition coefficient (Wildman–Crippen LogP) is 4.51. The van der Waals surface area contributed by atoms with E-state index in [2.05, 4.69) is 20.2 Å². The second kappa shape index (κ2) is 10.1. The van der Waals surface area contributed by atoms with Gasteiger partial charge in [0.15, 0.2) is 5.69 Å². The second-order valence-corrected chi connectivity index (χ2v) is 10.1. The number of nitrogens with zero attached hydrogens (tertiary/aromatic N) is 8. The van der Waals surface area contributed by atoms with Crippen LogP contribution in [-0.2, 0) is 0 Å². The Balaban J connectivity index is 1.78. The summed E-state index contributed by atoms with van der Waals surface area (Å²) in [4.78, 5) is 31.6. The lowest BCUT2D eigenvalue weighted by atomic mass is 10.0. The van der Waals surface area contributed by atoms with Crippen molar-refractivity contribution in [1.82, 2.24) is 29.7 Å². The second-order valence-electron chi connectivity index (χ2n) is 9.63. The molecule has 1 aliphatic rings. The zero-order valence-corrected chi connectivity index (χ0v) is 23.6. The van der Waals surface area contributed by atoms with Crippen molar-refractivity contribution < 1.29 is 14.3 Å². The van der Waals surface area contributed by atoms with E-state index in [1.165, 1.54) is 7.11 Å². The summed E-state index contributed by atoms with van der Waals surface area (Å²) in [5, 5.41) is 8.88. The fourth-order valence-electron chi connectivity index (χ4n) is 4.79. The number of aryl methyl sites for hydroxylation is 1. The molecule has 5 rings (SSSR count). The van der Waals surface area contributed by atoms with Crippen molar-refractivity contribution in [3.63, 3.8) is 0 Å². The van der Waals surface area contributed by atoms with Gasteiger partial charge in [-0.1, -0.05) is 23.7 Å². The largest absolute Gasteiger partial charge is 0.480 e. The van der Waals surface area contributed by atoms with Gasteiger partial charge < -0.3 is 18.9 Å². The molecule has 4 heterocycles. The molecule has 0 radical (unpaired) electrons. The van der Waals surface area contributed by atoms with Crippen LogP contribution in [0.1, 0.15) is 53.4 Å². The number of carbonyl (C=O) groups is 1. The van der Waals surface area contributed by atoms with E-state index in [1.54, 1.807) is 41.3 Å². The van der Waals surface area contributed by atoms with Gasteiger partial charge in [-0.15, -0.1) is 5.10 Å². The molecule has 1 aromatic carbocycles. The minimum Gasteiger partial charge on any atom is -0.480 e. The minimum atomic E-state index is -0.543. The molecule has 0 aliphatic carbocycles. The van der Waals surface area contributed by atoms with Crippen molar-refractivity contribution in [2.45, 2.75) is 32.9 Å². The van der Waals surface area contributed by atoms with Gasteiger partial charge in [0.25, 0.3) is 11.8 Å². The Labute approximate surface area is 231 Å². The molecule has 11 nitrogen and oxygen atoms in total. The lowest BCUT2D eigenvalue weighted by Gasteiger charge is -2.29. The Morgan fingerprint density at radius 1 is 1.03 bits per heavy atom. The summed E-state index contributed by atoms with van der Waals surface area (Å²) in [6, 6.07) is 8.59. The highest BCUT2D eigenvalue weighted by Gasteiger charge is 2.46. The number of aromatic nitrogens is 6. The lowest BCUT2D eigenvalue weighted by Crippen LogP contribution is -2.31. The fraction of sp³-hybridized carbons (Fsp3) is 0.333. The molecule has 4 aromatic rings. The minimum absolute atomic E-state index is 0.0729. The number of methoxy groups -OCH3 is 2. The lowest BCUT2D eigenvalue weighted by molar-refractivity contribution is 0.0988. The molecule has 202 valence electrons. The topological polar surface area (TPSA) is 111 Å². The van der Waals surface area contributed by atoms with Gasteiger partial charge in [-0.2, -0.15) is 10.1 Å². The number of imidazole rings is 1. The molecule has 12 heteroatoms. The summed E-state index contributed by atoms with van der Waals surface area (Å²) in [5.74, 6) is 1.35. The molecule has 0 saturated heterocycles. The number of fused-ring (bicyclic) bond motifs is 1. The van der Waals surface area contributed by atoms with E-state index >= 15 is 0 Å². The van der Waals surface area contributed by atoms with Crippen LogP contribution >= 0.6 is 11.6 Å². The molecule has 1 atom stereocenters. The van der Waals surface area contributed by atoms with Gasteiger partial charge >= 0.3 is 0 Å². The maximum atomic E-state index is 14.2. The van der Waals surface area contributed by atoms with E-state index in [4.69, 9.17) is 26.1 Å². The molecular weight excluding hydrogens is 520 g/mol. The van der Waals surface area contributed by atoms with Gasteiger partial charge in [0.1, 0.15) is 17.6 Å². The molecule has 0 saturated carbocycles. The molecule has 39 heavy (non-hydrogen) atoms. The summed E-state index contributed by atoms with van der Waals surface area (Å²) >= 11 is 6.24. The van der Waals surface area contributed by atoms with E-state index < -0.39 is 6.04 Å². The standard InChI is InChI=1S/C27H29ClN8O3/c1-14(2)35-22-20(30-23(35)18-13-29-27(34(4)5)31-24(18)38-6)26(37)36(19-12-15(3)32-33-25(19)39-7)21(22)16-8-10-17(28)11-9-16/h8-14,21H,1-7H3. The first-order valence-electron chi connectivity index (χ1n) is 12.3. The van der Waals surface area contributed by atoms with Crippen LogP contribution in [0.3, 0.4) is 0 Å². The number of halogens is 1. The van der Waals surface area contributed by atoms with Crippen LogP contribution in [0, 0.1) is 6.92 Å². The third-order valence-electron chi connectivity index (χ3n) is 6.48. The van der Waals surface area contributed by atoms with Gasteiger partial charge in [-0.05, 0) is 44.5 Å². The van der Waals surface area contributed by atoms with Crippen molar-refractivity contribution in [2.75, 3.05) is 38.1 Å². The first-order valence-corrected chi connectivity index (χ1v) is 12.7. The van der Waals surface area contributed by atoms with Gasteiger partial charge in [0, 0.05) is 31.4 Å². The number of amides is 1. The SMILES string of the molecule is COc1nc(N(C)C)ncc1-c1nc2c(n1C(C)C)C(c1ccc(Cl)cc1)N(c1cc(C)nnc1OC)C2=O. The fourth-order valence-corrected chi connectivity index (χ4v) is 4.92. The van der Waals surface area contributed by atoms with Crippen LogP contribution in [0.15, 0.2) is 36.5 Å². The van der Waals surface area contributed by atoms with Crippen molar-refractivity contribution in [1.29, 1.82) is 0 Å². The molecular formula is C27H29ClN8O3. The van der Waals surface area contributed by atoms with E-state index in [0.717, 1.165) is 11.3 Å². The molecule has 3 aromatic heterocycles. The Morgan fingerprint density at radius 2 is 1.72 bits per heavy atom. The van der Waals surface area contributed by atoms with Crippen LogP contribution in [0.25, 0.3) is 11.4 Å². The van der Waals surface area contributed by atoms with Crippen molar-refractivity contribution >= 4 is 29.1 Å². The summed E-state index contributed by atoms with van der Waals surface area (Å²) in [7, 11) is 6.76. The summed E-state index contributed by atoms with van der Waals surface area (Å²) < 4.78 is 13.2. The maximum absolute atomic E-state index is 14.2. The number of benzene rings is 1. The average Bonchev–Trinajstić information content (AvgIpc) is 3.43. The van der Waals surface area contributed by atoms with Gasteiger partial charge in [0.05, 0.1) is 31.2 Å². The van der Waals surface area contributed by atoms with E-state index in [0.29, 0.717) is 45.3 Å². The molecule has 0 fully saturated rings. The number of hydrogen-bond acceptors (Lipinski definition) is 9. The predicted molar refractivity (Wildman–Crippen MR) is 148 cm³/mol. The first-order chi connectivity index (χ1) is 18.7. The van der Waals surface area contributed by atoms with Crippen LogP contribution in [0.4, 0.5) is 11.6 Å². The first kappa shape index (κ1) is 26.4. The zero-order valence-electron chi connectivity index (χ0n) is 22.8. The molecule has 0 spiro atoms. The monoisotopic (exact) mass is 548 g/mol. The number of rotatable bonds is 7. The molecule has 0 N–H and O–H groups in total. The third kappa shape index (κ3) is 4.42. The van der Waals surface area contributed by atoms with Crippen LogP contribution in [0.2, 0.25) is 5.02 Å². The number of anilines is 2. The number of hydrogen-bond donors (Lipinski definition) is 0. The number of ether oxygens (including phenoxy) is 2. The van der Waals surface area contributed by atoms with Crippen LogP contribution in [0.5, 0.6) is 11.8 Å². The highest BCUT2D eigenvalue weighted by atomic mass is 35.5. The maximum Gasteiger partial charge on any atom is 0.279 e. The normalized spacial score (nSPS) is 14.6. The average molecular weight is 549 g/mol. The molecule has 1 unspecified atom stereocenters. The quantitative estimate of drug-likeness (QED) is 0.329. The van der Waals surface area contributed by atoms with Gasteiger partial charge in [0.2, 0.25) is 11.8 Å². The van der Waals surface area contributed by atoms with Crippen LogP contribution < -0.4 is 19.3 Å². The summed E-state index contributed by atoms with van der Waals surface area (Å²) in [6.07, 6.45) is 1.68. The summed E-state index contributed by atoms with van der Waals surface area (Å²) in [6.45, 7) is 5.89. The highest BCUT2D eigenvalue weighted by molar-refractivity contribution is 6.30. The number of carbonyl (C=O) groups excluding carboxylic acids is 1. The Bertz CT molecular complexity index is 1550. The van der Waals surface area contributed by atoms with Gasteiger partial charge in [-0.25, -0.2) is 9.97 Å². The Hall–Kier alpha value is -4.25.